The lowest BCUT2D eigenvalue weighted by atomic mass is 10.1. The first-order valence-electron chi connectivity index (χ1n) is 8.60. The number of hydrogen-bond donors (Lipinski definition) is 1. The number of furan rings is 1. The zero-order chi connectivity index (χ0) is 19.1. The normalized spacial score (nSPS) is 11.9. The third kappa shape index (κ3) is 6.08. The molecule has 6 heteroatoms. The van der Waals surface area contributed by atoms with Gasteiger partial charge in [0.15, 0.2) is 5.76 Å². The molecule has 0 aliphatic carbocycles. The van der Waals surface area contributed by atoms with Crippen LogP contribution in [0, 0.1) is 0 Å². The molecule has 0 saturated heterocycles. The summed E-state index contributed by atoms with van der Waals surface area (Å²) in [5.41, 5.74) is 2.11. The summed E-state index contributed by atoms with van der Waals surface area (Å²) in [6.07, 6.45) is 0.755. The molecular weight excluding hydrogens is 382 g/mol. The molecule has 1 N–H and O–H groups in total. The van der Waals surface area contributed by atoms with Crippen LogP contribution in [0.4, 0.5) is 0 Å². The van der Waals surface area contributed by atoms with Gasteiger partial charge in [0.25, 0.3) is 5.91 Å². The van der Waals surface area contributed by atoms with Crippen LogP contribution in [-0.4, -0.2) is 16.7 Å². The van der Waals surface area contributed by atoms with Gasteiger partial charge in [-0.3, -0.25) is 9.00 Å². The van der Waals surface area contributed by atoms with E-state index in [0.717, 1.165) is 17.5 Å². The Morgan fingerprint density at radius 1 is 0.926 bits per heavy atom. The van der Waals surface area contributed by atoms with Gasteiger partial charge < -0.3 is 9.73 Å². The number of carbonyl (C=O) groups is 1. The predicted molar refractivity (Wildman–Crippen MR) is 108 cm³/mol. The number of rotatable bonds is 8. The zero-order valence-corrected chi connectivity index (χ0v) is 16.3. The molecule has 0 bridgehead atoms. The largest absolute Gasteiger partial charge is 0.455 e. The van der Waals surface area contributed by atoms with Gasteiger partial charge >= 0.3 is 0 Å². The van der Waals surface area contributed by atoms with Crippen molar-refractivity contribution in [3.05, 3.63) is 94.4 Å². The van der Waals surface area contributed by atoms with Crippen LogP contribution in [0.2, 0.25) is 5.02 Å². The average molecular weight is 402 g/mol. The monoisotopic (exact) mass is 401 g/mol. The first kappa shape index (κ1) is 19.4. The van der Waals surface area contributed by atoms with Crippen molar-refractivity contribution in [3.63, 3.8) is 0 Å². The van der Waals surface area contributed by atoms with Gasteiger partial charge in [-0.25, -0.2) is 0 Å². The van der Waals surface area contributed by atoms with Gasteiger partial charge in [-0.15, -0.1) is 0 Å². The Hall–Kier alpha value is -2.37. The molecule has 27 heavy (non-hydrogen) atoms. The molecule has 4 nitrogen and oxygen atoms in total. The van der Waals surface area contributed by atoms with Crippen LogP contribution < -0.4 is 5.32 Å². The maximum absolute atomic E-state index is 12.3. The number of carbonyl (C=O) groups excluding carboxylic acids is 1. The lowest BCUT2D eigenvalue weighted by Crippen LogP contribution is -2.25. The summed E-state index contributed by atoms with van der Waals surface area (Å²) >= 11 is 5.85. The van der Waals surface area contributed by atoms with Crippen molar-refractivity contribution in [2.45, 2.75) is 17.9 Å². The molecule has 0 radical (unpaired) electrons. The molecule has 140 valence electrons. The van der Waals surface area contributed by atoms with Crippen LogP contribution >= 0.6 is 11.6 Å². The Labute approximate surface area is 166 Å². The van der Waals surface area contributed by atoms with Crippen LogP contribution in [0.5, 0.6) is 0 Å². The molecule has 0 aliphatic rings. The van der Waals surface area contributed by atoms with Gasteiger partial charge in [-0.05, 0) is 41.8 Å². The lowest BCUT2D eigenvalue weighted by molar-refractivity contribution is 0.0925. The van der Waals surface area contributed by atoms with Crippen LogP contribution in [0.1, 0.15) is 27.4 Å². The van der Waals surface area contributed by atoms with E-state index in [0.29, 0.717) is 23.1 Å². The van der Waals surface area contributed by atoms with E-state index >= 15 is 0 Å². The minimum Gasteiger partial charge on any atom is -0.455 e. The van der Waals surface area contributed by atoms with Gasteiger partial charge in [0, 0.05) is 28.1 Å². The average Bonchev–Trinajstić information content (AvgIpc) is 3.13. The van der Waals surface area contributed by atoms with E-state index < -0.39 is 10.8 Å². The quantitative estimate of drug-likeness (QED) is 0.610. The first-order chi connectivity index (χ1) is 13.1. The second-order valence-corrected chi connectivity index (χ2v) is 8.01. The van der Waals surface area contributed by atoms with Crippen molar-refractivity contribution in [2.75, 3.05) is 6.54 Å². The van der Waals surface area contributed by atoms with Crippen LogP contribution in [0.3, 0.4) is 0 Å². The van der Waals surface area contributed by atoms with Gasteiger partial charge in [0.2, 0.25) is 0 Å². The molecule has 0 unspecified atom stereocenters. The summed E-state index contributed by atoms with van der Waals surface area (Å²) in [7, 11) is -1.13. The van der Waals surface area contributed by atoms with Gasteiger partial charge in [-0.1, -0.05) is 54.1 Å². The molecule has 0 spiro atoms. The fraction of sp³-hybridized carbons (Fsp3) is 0.190. The summed E-state index contributed by atoms with van der Waals surface area (Å²) in [6, 6.07) is 20.5. The summed E-state index contributed by atoms with van der Waals surface area (Å²) in [5, 5.41) is 3.49. The molecule has 0 aliphatic heterocycles. The topological polar surface area (TPSA) is 59.3 Å². The van der Waals surface area contributed by atoms with Crippen molar-refractivity contribution in [1.29, 1.82) is 0 Å². The third-order valence-electron chi connectivity index (χ3n) is 3.97. The highest BCUT2D eigenvalue weighted by Crippen LogP contribution is 2.15. The van der Waals surface area contributed by atoms with Gasteiger partial charge in [-0.2, -0.15) is 0 Å². The van der Waals surface area contributed by atoms with E-state index in [9.17, 15) is 9.00 Å². The van der Waals surface area contributed by atoms with Crippen molar-refractivity contribution in [1.82, 2.24) is 5.32 Å². The zero-order valence-electron chi connectivity index (χ0n) is 14.7. The standard InChI is InChI=1S/C21H20ClNO3S/c22-18-8-6-17(7-9-18)14-27(25)15-19-10-11-20(26-19)21(24)23-13-12-16-4-2-1-3-5-16/h1-11H,12-15H2,(H,23,24)/t27-/m0/s1. The maximum Gasteiger partial charge on any atom is 0.287 e. The summed E-state index contributed by atoms with van der Waals surface area (Å²) in [5.74, 6) is 1.19. The minimum atomic E-state index is -1.13. The first-order valence-corrected chi connectivity index (χ1v) is 10.5. The Bertz CT molecular complexity index is 907. The Kier molecular flexibility index (Phi) is 6.85. The highest BCUT2D eigenvalue weighted by Gasteiger charge is 2.13. The smallest absolute Gasteiger partial charge is 0.287 e. The van der Waals surface area contributed by atoms with Crippen molar-refractivity contribution in [2.24, 2.45) is 0 Å². The highest BCUT2D eigenvalue weighted by atomic mass is 35.5. The van der Waals surface area contributed by atoms with Crippen molar-refractivity contribution in [3.8, 4) is 0 Å². The summed E-state index contributed by atoms with van der Waals surface area (Å²) in [4.78, 5) is 12.2. The molecule has 1 aromatic heterocycles. The second kappa shape index (κ2) is 9.53. The second-order valence-electron chi connectivity index (χ2n) is 6.11. The van der Waals surface area contributed by atoms with Crippen LogP contribution in [-0.2, 0) is 28.7 Å². The Morgan fingerprint density at radius 2 is 1.67 bits per heavy atom. The summed E-state index contributed by atoms with van der Waals surface area (Å²) < 4.78 is 17.8. The van der Waals surface area contributed by atoms with E-state index in [1.165, 1.54) is 0 Å². The number of halogens is 1. The molecule has 0 fully saturated rings. The molecule has 3 rings (SSSR count). The Morgan fingerprint density at radius 3 is 2.41 bits per heavy atom. The molecule has 0 saturated carbocycles. The third-order valence-corrected chi connectivity index (χ3v) is 5.49. The van der Waals surface area contributed by atoms with E-state index in [1.807, 2.05) is 42.5 Å². The maximum atomic E-state index is 12.3. The molecular formula is C21H20ClNO3S. The Balaban J connectivity index is 1.47. The molecule has 1 atom stereocenters. The lowest BCUT2D eigenvalue weighted by Gasteiger charge is -2.04. The summed E-state index contributed by atoms with van der Waals surface area (Å²) in [6.45, 7) is 0.529. The van der Waals surface area contributed by atoms with Crippen LogP contribution in [0.25, 0.3) is 0 Å². The number of nitrogens with one attached hydrogen (secondary N) is 1. The van der Waals surface area contributed by atoms with Crippen molar-refractivity contribution < 1.29 is 13.4 Å². The number of amides is 1. The SMILES string of the molecule is O=C(NCCc1ccccc1)c1ccc(C[S@@](=O)Cc2ccc(Cl)cc2)o1. The van der Waals surface area contributed by atoms with E-state index in [1.54, 1.807) is 24.3 Å². The number of hydrogen-bond acceptors (Lipinski definition) is 3. The van der Waals surface area contributed by atoms with Crippen molar-refractivity contribution >= 4 is 28.3 Å². The van der Waals surface area contributed by atoms with Gasteiger partial charge in [0.05, 0.1) is 5.75 Å². The molecule has 3 aromatic rings. The molecule has 1 heterocycles. The predicted octanol–water partition coefficient (Wildman–Crippen LogP) is 4.35. The molecule has 1 amide bonds. The highest BCUT2D eigenvalue weighted by molar-refractivity contribution is 7.83. The molecule has 2 aromatic carbocycles. The fourth-order valence-corrected chi connectivity index (χ4v) is 3.87. The van der Waals surface area contributed by atoms with Crippen LogP contribution in [0.15, 0.2) is 71.1 Å². The van der Waals surface area contributed by atoms with E-state index in [4.69, 9.17) is 16.0 Å². The minimum absolute atomic E-state index is 0.238. The fourth-order valence-electron chi connectivity index (χ4n) is 2.61. The van der Waals surface area contributed by atoms with E-state index in [2.05, 4.69) is 5.32 Å². The van der Waals surface area contributed by atoms with E-state index in [-0.39, 0.29) is 17.4 Å². The van der Waals surface area contributed by atoms with Gasteiger partial charge in [0.1, 0.15) is 5.76 Å². The number of benzene rings is 2.